The van der Waals surface area contributed by atoms with Gasteiger partial charge >= 0.3 is 0 Å². The Labute approximate surface area is 96.9 Å². The Kier molecular flexibility index (Phi) is 3.96. The molecule has 3 N–H and O–H groups in total. The summed E-state index contributed by atoms with van der Waals surface area (Å²) < 4.78 is 6.49. The quantitative estimate of drug-likeness (QED) is 0.384. The summed E-state index contributed by atoms with van der Waals surface area (Å²) in [6.45, 7) is 3.68. The van der Waals surface area contributed by atoms with Gasteiger partial charge in [-0.15, -0.1) is 0 Å². The summed E-state index contributed by atoms with van der Waals surface area (Å²) in [7, 11) is 0. The fourth-order valence-electron chi connectivity index (χ4n) is 1.04. The smallest absolute Gasteiger partial charge is 0.180 e. The molecule has 1 aromatic rings. The summed E-state index contributed by atoms with van der Waals surface area (Å²) in [6.07, 6.45) is -0.449. The first kappa shape index (κ1) is 11.8. The lowest BCUT2D eigenvalue weighted by Crippen LogP contribution is -2.31. The highest BCUT2D eigenvalue weighted by atomic mass is 79.9. The van der Waals surface area contributed by atoms with E-state index in [2.05, 4.69) is 21.1 Å². The number of aryl methyl sites for hydroxylation is 1. The summed E-state index contributed by atoms with van der Waals surface area (Å²) in [4.78, 5) is 0. The van der Waals surface area contributed by atoms with E-state index in [0.717, 1.165) is 10.0 Å². The SMILES string of the molecule is Cc1cc(OC(C)/C(N)=N/O)ccc1Br. The summed E-state index contributed by atoms with van der Waals surface area (Å²) in [5.41, 5.74) is 6.47. The van der Waals surface area contributed by atoms with Gasteiger partial charge in [0.1, 0.15) is 5.75 Å². The molecule has 1 rings (SSSR count). The third kappa shape index (κ3) is 3.13. The van der Waals surface area contributed by atoms with Gasteiger partial charge in [0.15, 0.2) is 11.9 Å². The van der Waals surface area contributed by atoms with Crippen molar-refractivity contribution in [1.29, 1.82) is 0 Å². The molecule has 0 aliphatic heterocycles. The molecule has 0 aromatic heterocycles. The van der Waals surface area contributed by atoms with E-state index in [0.29, 0.717) is 5.75 Å². The van der Waals surface area contributed by atoms with Gasteiger partial charge in [-0.1, -0.05) is 21.1 Å². The molecule has 0 bridgehead atoms. The monoisotopic (exact) mass is 272 g/mol. The molecule has 0 radical (unpaired) electrons. The molecule has 0 saturated heterocycles. The maximum absolute atomic E-state index is 8.46. The molecular formula is C10H13BrN2O2. The Hall–Kier alpha value is -1.23. The number of rotatable bonds is 3. The fraction of sp³-hybridized carbons (Fsp3) is 0.300. The number of nitrogens with two attached hydrogens (primary N) is 1. The van der Waals surface area contributed by atoms with E-state index < -0.39 is 6.10 Å². The van der Waals surface area contributed by atoms with Gasteiger partial charge in [0.25, 0.3) is 0 Å². The molecule has 0 heterocycles. The van der Waals surface area contributed by atoms with Crippen LogP contribution in [0.15, 0.2) is 27.8 Å². The van der Waals surface area contributed by atoms with E-state index >= 15 is 0 Å². The zero-order valence-electron chi connectivity index (χ0n) is 8.57. The van der Waals surface area contributed by atoms with E-state index in [9.17, 15) is 0 Å². The molecule has 5 heteroatoms. The first-order valence-electron chi connectivity index (χ1n) is 4.45. The first-order valence-corrected chi connectivity index (χ1v) is 5.24. The van der Waals surface area contributed by atoms with Crippen LogP contribution in [0.3, 0.4) is 0 Å². The number of hydrogen-bond acceptors (Lipinski definition) is 3. The van der Waals surface area contributed by atoms with E-state index in [1.54, 1.807) is 6.92 Å². The van der Waals surface area contributed by atoms with E-state index in [4.69, 9.17) is 15.7 Å². The van der Waals surface area contributed by atoms with Crippen LogP contribution in [0, 0.1) is 6.92 Å². The second-order valence-corrected chi connectivity index (χ2v) is 4.05. The summed E-state index contributed by atoms with van der Waals surface area (Å²) in [5.74, 6) is 0.741. The number of amidine groups is 1. The second kappa shape index (κ2) is 5.02. The molecule has 1 unspecified atom stereocenters. The van der Waals surface area contributed by atoms with Gasteiger partial charge < -0.3 is 15.7 Å². The van der Waals surface area contributed by atoms with Crippen LogP contribution in [-0.2, 0) is 0 Å². The fourth-order valence-corrected chi connectivity index (χ4v) is 1.28. The number of hydrogen-bond donors (Lipinski definition) is 2. The Morgan fingerprint density at radius 3 is 2.80 bits per heavy atom. The van der Waals surface area contributed by atoms with Crippen LogP contribution in [-0.4, -0.2) is 17.1 Å². The molecule has 15 heavy (non-hydrogen) atoms. The van der Waals surface area contributed by atoms with Gasteiger partial charge in [-0.25, -0.2) is 0 Å². The molecular weight excluding hydrogens is 260 g/mol. The van der Waals surface area contributed by atoms with Crippen molar-refractivity contribution in [3.63, 3.8) is 0 Å². The molecule has 1 aromatic carbocycles. The van der Waals surface area contributed by atoms with E-state index in [1.165, 1.54) is 0 Å². The van der Waals surface area contributed by atoms with Crippen molar-refractivity contribution in [3.8, 4) is 5.75 Å². The van der Waals surface area contributed by atoms with Gasteiger partial charge in [-0.2, -0.15) is 0 Å². The average molecular weight is 273 g/mol. The van der Waals surface area contributed by atoms with Crippen LogP contribution in [0.1, 0.15) is 12.5 Å². The van der Waals surface area contributed by atoms with Crippen molar-refractivity contribution in [3.05, 3.63) is 28.2 Å². The van der Waals surface area contributed by atoms with Gasteiger partial charge in [0.05, 0.1) is 0 Å². The summed E-state index contributed by atoms with van der Waals surface area (Å²) in [5, 5.41) is 11.3. The number of benzene rings is 1. The van der Waals surface area contributed by atoms with Gasteiger partial charge in [0, 0.05) is 4.47 Å². The Morgan fingerprint density at radius 1 is 1.60 bits per heavy atom. The Morgan fingerprint density at radius 2 is 2.27 bits per heavy atom. The summed E-state index contributed by atoms with van der Waals surface area (Å²) >= 11 is 3.39. The number of nitrogens with zero attached hydrogens (tertiary/aromatic N) is 1. The highest BCUT2D eigenvalue weighted by Gasteiger charge is 2.09. The standard InChI is InChI=1S/C10H13BrN2O2/c1-6-5-8(3-4-9(6)11)15-7(2)10(12)13-14/h3-5,7,14H,1-2H3,(H2,12,13). The highest BCUT2D eigenvalue weighted by molar-refractivity contribution is 9.10. The Balaban J connectivity index is 2.77. The van der Waals surface area contributed by atoms with Crippen LogP contribution in [0.2, 0.25) is 0 Å². The van der Waals surface area contributed by atoms with Crippen LogP contribution >= 0.6 is 15.9 Å². The lowest BCUT2D eigenvalue weighted by atomic mass is 10.2. The van der Waals surface area contributed by atoms with Crippen molar-refractivity contribution < 1.29 is 9.94 Å². The topological polar surface area (TPSA) is 67.8 Å². The Bertz CT molecular complexity index is 380. The van der Waals surface area contributed by atoms with Crippen LogP contribution in [0.25, 0.3) is 0 Å². The minimum atomic E-state index is -0.449. The maximum atomic E-state index is 8.46. The van der Waals surface area contributed by atoms with Crippen LogP contribution in [0.5, 0.6) is 5.75 Å². The van der Waals surface area contributed by atoms with Crippen molar-refractivity contribution >= 4 is 21.8 Å². The number of oxime groups is 1. The largest absolute Gasteiger partial charge is 0.483 e. The molecule has 4 nitrogen and oxygen atoms in total. The third-order valence-corrected chi connectivity index (χ3v) is 2.86. The third-order valence-electron chi connectivity index (χ3n) is 1.97. The lowest BCUT2D eigenvalue weighted by molar-refractivity contribution is 0.265. The molecule has 0 aliphatic carbocycles. The van der Waals surface area contributed by atoms with Crippen molar-refractivity contribution in [2.75, 3.05) is 0 Å². The number of ether oxygens (including phenoxy) is 1. The first-order chi connectivity index (χ1) is 7.04. The minimum Gasteiger partial charge on any atom is -0.483 e. The average Bonchev–Trinajstić information content (AvgIpc) is 2.22. The molecule has 0 spiro atoms. The normalized spacial score (nSPS) is 13.7. The maximum Gasteiger partial charge on any atom is 0.180 e. The van der Waals surface area contributed by atoms with Crippen LogP contribution in [0.4, 0.5) is 0 Å². The van der Waals surface area contributed by atoms with Crippen molar-refractivity contribution in [2.45, 2.75) is 20.0 Å². The predicted molar refractivity (Wildman–Crippen MR) is 62.4 cm³/mol. The molecule has 0 aliphatic rings. The van der Waals surface area contributed by atoms with E-state index in [1.807, 2.05) is 25.1 Å². The van der Waals surface area contributed by atoms with E-state index in [-0.39, 0.29) is 5.84 Å². The van der Waals surface area contributed by atoms with Crippen LogP contribution < -0.4 is 10.5 Å². The zero-order chi connectivity index (χ0) is 11.4. The molecule has 0 amide bonds. The van der Waals surface area contributed by atoms with Crippen molar-refractivity contribution in [1.82, 2.24) is 0 Å². The zero-order valence-corrected chi connectivity index (χ0v) is 10.2. The summed E-state index contributed by atoms with van der Waals surface area (Å²) in [6, 6.07) is 5.59. The van der Waals surface area contributed by atoms with Gasteiger partial charge in [-0.3, -0.25) is 0 Å². The predicted octanol–water partition coefficient (Wildman–Crippen LogP) is 2.27. The molecule has 0 fully saturated rings. The minimum absolute atomic E-state index is 0.0515. The highest BCUT2D eigenvalue weighted by Crippen LogP contribution is 2.22. The molecule has 82 valence electrons. The lowest BCUT2D eigenvalue weighted by Gasteiger charge is -2.13. The number of halogens is 1. The van der Waals surface area contributed by atoms with Gasteiger partial charge in [0.2, 0.25) is 0 Å². The second-order valence-electron chi connectivity index (χ2n) is 3.20. The molecule has 0 saturated carbocycles. The van der Waals surface area contributed by atoms with Gasteiger partial charge in [-0.05, 0) is 37.6 Å². The molecule has 1 atom stereocenters. The van der Waals surface area contributed by atoms with Crippen molar-refractivity contribution in [2.24, 2.45) is 10.9 Å².